The van der Waals surface area contributed by atoms with Crippen molar-refractivity contribution in [1.29, 1.82) is 0 Å². The number of ether oxygens (including phenoxy) is 2. The quantitative estimate of drug-likeness (QED) is 0.273. The Hall–Kier alpha value is -3.22. The largest absolute Gasteiger partial charge is 0.473 e. The van der Waals surface area contributed by atoms with E-state index in [9.17, 15) is 0 Å². The van der Waals surface area contributed by atoms with Crippen LogP contribution in [-0.4, -0.2) is 13.5 Å². The third kappa shape index (κ3) is 4.76. The smallest absolute Gasteiger partial charge is 0.161 e. The van der Waals surface area contributed by atoms with Gasteiger partial charge in [-0.25, -0.2) is 0 Å². The molecule has 4 aromatic carbocycles. The van der Waals surface area contributed by atoms with E-state index in [1.165, 1.54) is 22.3 Å². The fourth-order valence-corrected chi connectivity index (χ4v) is 5.58. The number of anilines is 2. The van der Waals surface area contributed by atoms with Gasteiger partial charge in [0.05, 0.1) is 0 Å². The van der Waals surface area contributed by atoms with Gasteiger partial charge in [-0.1, -0.05) is 38.1 Å². The lowest BCUT2D eigenvalue weighted by Crippen LogP contribution is -2.33. The van der Waals surface area contributed by atoms with E-state index in [4.69, 9.17) is 9.47 Å². The summed E-state index contributed by atoms with van der Waals surface area (Å²) in [5, 5.41) is 0. The van der Waals surface area contributed by atoms with Gasteiger partial charge >= 0.3 is 0 Å². The maximum absolute atomic E-state index is 6.11. The van der Waals surface area contributed by atoms with Crippen molar-refractivity contribution in [2.75, 3.05) is 23.3 Å². The molecule has 0 aromatic heterocycles. The Morgan fingerprint density at radius 1 is 0.622 bits per heavy atom. The first-order valence-corrected chi connectivity index (χ1v) is 13.4. The SMILES string of the molecule is CC(C)(c1ccc2c(c1)CN(c1cccc(S)c1)CO2)c1ccc2c(c1)CN(c1cccc(S)c1)CO2. The molecule has 2 heterocycles. The van der Waals surface area contributed by atoms with E-state index in [0.29, 0.717) is 13.5 Å². The van der Waals surface area contributed by atoms with Gasteiger partial charge in [-0.15, -0.1) is 25.3 Å². The Morgan fingerprint density at radius 3 is 1.51 bits per heavy atom. The summed E-state index contributed by atoms with van der Waals surface area (Å²) in [4.78, 5) is 6.38. The van der Waals surface area contributed by atoms with Crippen LogP contribution < -0.4 is 19.3 Å². The van der Waals surface area contributed by atoms with Crippen molar-refractivity contribution >= 4 is 36.6 Å². The van der Waals surface area contributed by atoms with Crippen LogP contribution >= 0.6 is 25.3 Å². The van der Waals surface area contributed by atoms with Crippen LogP contribution in [-0.2, 0) is 18.5 Å². The second kappa shape index (κ2) is 9.58. The summed E-state index contributed by atoms with van der Waals surface area (Å²) in [6.07, 6.45) is 0. The molecule has 0 aliphatic carbocycles. The van der Waals surface area contributed by atoms with Crippen LogP contribution in [0.15, 0.2) is 94.7 Å². The summed E-state index contributed by atoms with van der Waals surface area (Å²) in [7, 11) is 0. The molecule has 37 heavy (non-hydrogen) atoms. The predicted octanol–water partition coefficient (Wildman–Crippen LogP) is 7.30. The first kappa shape index (κ1) is 24.1. The molecular formula is C31H30N2O2S2. The van der Waals surface area contributed by atoms with Crippen molar-refractivity contribution < 1.29 is 9.47 Å². The molecule has 0 unspecified atom stereocenters. The van der Waals surface area contributed by atoms with Crippen LogP contribution in [0, 0.1) is 0 Å². The van der Waals surface area contributed by atoms with Gasteiger partial charge in [0.15, 0.2) is 13.5 Å². The molecule has 0 saturated heterocycles. The molecule has 0 radical (unpaired) electrons. The van der Waals surface area contributed by atoms with Gasteiger partial charge in [-0.2, -0.15) is 0 Å². The fraction of sp³-hybridized carbons (Fsp3) is 0.226. The third-order valence-corrected chi connectivity index (χ3v) is 7.98. The molecule has 2 aliphatic heterocycles. The van der Waals surface area contributed by atoms with E-state index in [1.54, 1.807) is 0 Å². The normalized spacial score (nSPS) is 14.9. The number of thiol groups is 2. The second-order valence-corrected chi connectivity index (χ2v) is 11.3. The monoisotopic (exact) mass is 526 g/mol. The lowest BCUT2D eigenvalue weighted by Gasteiger charge is -2.34. The van der Waals surface area contributed by atoms with E-state index < -0.39 is 0 Å². The zero-order valence-corrected chi connectivity index (χ0v) is 22.8. The molecule has 0 atom stereocenters. The van der Waals surface area contributed by atoms with Gasteiger partial charge in [0.25, 0.3) is 0 Å². The van der Waals surface area contributed by atoms with Crippen LogP contribution in [0.4, 0.5) is 11.4 Å². The van der Waals surface area contributed by atoms with Gasteiger partial charge in [0.1, 0.15) is 11.5 Å². The number of hydrogen-bond donors (Lipinski definition) is 2. The first-order chi connectivity index (χ1) is 17.9. The van der Waals surface area contributed by atoms with Crippen LogP contribution in [0.2, 0.25) is 0 Å². The molecule has 0 fully saturated rings. The highest BCUT2D eigenvalue weighted by Crippen LogP contribution is 2.39. The van der Waals surface area contributed by atoms with Gasteiger partial charge < -0.3 is 19.3 Å². The van der Waals surface area contributed by atoms with Crippen molar-refractivity contribution in [1.82, 2.24) is 0 Å². The highest BCUT2D eigenvalue weighted by Gasteiger charge is 2.28. The van der Waals surface area contributed by atoms with Crippen LogP contribution in [0.3, 0.4) is 0 Å². The Kier molecular flexibility index (Phi) is 6.25. The van der Waals surface area contributed by atoms with Crippen molar-refractivity contribution in [2.24, 2.45) is 0 Å². The number of fused-ring (bicyclic) bond motifs is 2. The molecular weight excluding hydrogens is 496 g/mol. The Morgan fingerprint density at radius 2 is 1.08 bits per heavy atom. The maximum Gasteiger partial charge on any atom is 0.161 e. The number of benzene rings is 4. The average molecular weight is 527 g/mol. The third-order valence-electron chi connectivity index (χ3n) is 7.43. The van der Waals surface area contributed by atoms with Crippen molar-refractivity contribution in [3.8, 4) is 11.5 Å². The molecule has 0 bridgehead atoms. The molecule has 4 nitrogen and oxygen atoms in total. The Labute approximate surface area is 229 Å². The van der Waals surface area contributed by atoms with Crippen molar-refractivity contribution in [3.05, 3.63) is 107 Å². The molecule has 6 heteroatoms. The summed E-state index contributed by atoms with van der Waals surface area (Å²) in [5.74, 6) is 1.91. The summed E-state index contributed by atoms with van der Waals surface area (Å²) in [5.41, 5.74) is 6.95. The summed E-state index contributed by atoms with van der Waals surface area (Å²) >= 11 is 9.01. The molecule has 0 spiro atoms. The average Bonchev–Trinajstić information content (AvgIpc) is 2.91. The molecule has 0 N–H and O–H groups in total. The Bertz CT molecular complexity index is 1360. The van der Waals surface area contributed by atoms with Crippen LogP contribution in [0.5, 0.6) is 11.5 Å². The zero-order chi connectivity index (χ0) is 25.6. The minimum Gasteiger partial charge on any atom is -0.473 e. The fourth-order valence-electron chi connectivity index (χ4n) is 5.14. The number of rotatable bonds is 4. The molecule has 2 aliphatic rings. The molecule has 0 saturated carbocycles. The van der Waals surface area contributed by atoms with E-state index in [1.807, 2.05) is 24.3 Å². The topological polar surface area (TPSA) is 24.9 Å². The molecule has 4 aromatic rings. The summed E-state index contributed by atoms with van der Waals surface area (Å²) in [6.45, 7) is 7.23. The standard InChI is InChI=1S/C31H30N2O2S2/c1-31(2,23-9-11-29-21(13-23)17-32(19-34-29)25-5-3-7-27(36)15-25)24-10-12-30-22(14-24)18-33(20-35-30)26-6-4-8-28(37)16-26/h3-16,36-37H,17-20H2,1-2H3. The summed E-state index contributed by atoms with van der Waals surface area (Å²) < 4.78 is 12.2. The maximum atomic E-state index is 6.11. The lowest BCUT2D eigenvalue weighted by atomic mass is 9.77. The van der Waals surface area contributed by atoms with Crippen LogP contribution in [0.25, 0.3) is 0 Å². The number of nitrogens with zero attached hydrogens (tertiary/aromatic N) is 2. The first-order valence-electron chi connectivity index (χ1n) is 12.5. The van der Waals surface area contributed by atoms with Gasteiger partial charge in [-0.05, 0) is 71.8 Å². The predicted molar refractivity (Wildman–Crippen MR) is 156 cm³/mol. The molecule has 6 rings (SSSR count). The molecule has 188 valence electrons. The van der Waals surface area contributed by atoms with Crippen LogP contribution in [0.1, 0.15) is 36.1 Å². The van der Waals surface area contributed by atoms with E-state index in [0.717, 1.165) is 45.8 Å². The van der Waals surface area contributed by atoms with E-state index in [2.05, 4.69) is 110 Å². The highest BCUT2D eigenvalue weighted by molar-refractivity contribution is 7.80. The number of hydrogen-bond acceptors (Lipinski definition) is 6. The van der Waals surface area contributed by atoms with E-state index in [-0.39, 0.29) is 5.41 Å². The summed E-state index contributed by atoms with van der Waals surface area (Å²) in [6, 6.07) is 29.6. The minimum atomic E-state index is -0.190. The Balaban J connectivity index is 1.27. The van der Waals surface area contributed by atoms with Gasteiger partial charge in [0.2, 0.25) is 0 Å². The minimum absolute atomic E-state index is 0.190. The second-order valence-electron chi connectivity index (χ2n) is 10.3. The molecule has 0 amide bonds. The van der Waals surface area contributed by atoms with Crippen molar-refractivity contribution in [2.45, 2.75) is 42.1 Å². The van der Waals surface area contributed by atoms with Crippen molar-refractivity contribution in [3.63, 3.8) is 0 Å². The lowest BCUT2D eigenvalue weighted by molar-refractivity contribution is 0.288. The van der Waals surface area contributed by atoms with E-state index >= 15 is 0 Å². The highest BCUT2D eigenvalue weighted by atomic mass is 32.1. The van der Waals surface area contributed by atoms with Gasteiger partial charge in [-0.3, -0.25) is 0 Å². The zero-order valence-electron chi connectivity index (χ0n) is 21.0. The van der Waals surface area contributed by atoms with Gasteiger partial charge in [0, 0.05) is 50.8 Å².